The van der Waals surface area contributed by atoms with E-state index in [-0.39, 0.29) is 6.61 Å². The van der Waals surface area contributed by atoms with Crippen molar-refractivity contribution in [2.45, 2.75) is 32.3 Å². The average Bonchev–Trinajstić information content (AvgIpc) is 2.62. The molecule has 0 aromatic heterocycles. The van der Waals surface area contributed by atoms with Gasteiger partial charge in [-0.25, -0.2) is 0 Å². The normalized spacial score (nSPS) is 13.2. The quantitative estimate of drug-likeness (QED) is 0.732. The molecule has 0 atom stereocenters. The van der Waals surface area contributed by atoms with Crippen LogP contribution < -0.4 is 0 Å². The van der Waals surface area contributed by atoms with E-state index >= 15 is 0 Å². The molecular formula is C22H26O2. The standard InChI is InChI=1S/C22H26O2/c1-18(16-17-23)10-9-11-19(2)22(24,20-12-5-3-6-13-20)21-14-7-4-8-15-21/h3-8,11-16,23-24H,9-10,17H2,1-2H3. The molecule has 0 saturated carbocycles. The summed E-state index contributed by atoms with van der Waals surface area (Å²) in [5.41, 5.74) is 2.68. The lowest BCUT2D eigenvalue weighted by Gasteiger charge is -2.31. The van der Waals surface area contributed by atoms with Crippen LogP contribution in [0.1, 0.15) is 37.8 Å². The second kappa shape index (κ2) is 8.62. The van der Waals surface area contributed by atoms with Crippen LogP contribution in [-0.4, -0.2) is 16.8 Å². The summed E-state index contributed by atoms with van der Waals surface area (Å²) in [6, 6.07) is 19.5. The lowest BCUT2D eigenvalue weighted by molar-refractivity contribution is 0.120. The molecule has 0 amide bonds. The van der Waals surface area contributed by atoms with Gasteiger partial charge in [-0.15, -0.1) is 0 Å². The number of hydrogen-bond acceptors (Lipinski definition) is 2. The fourth-order valence-corrected chi connectivity index (χ4v) is 2.90. The van der Waals surface area contributed by atoms with Gasteiger partial charge in [0, 0.05) is 0 Å². The van der Waals surface area contributed by atoms with Crippen molar-refractivity contribution in [1.82, 2.24) is 0 Å². The Balaban J connectivity index is 2.35. The Morgan fingerprint density at radius 1 is 0.875 bits per heavy atom. The molecule has 126 valence electrons. The molecule has 0 unspecified atom stereocenters. The Kier molecular flexibility index (Phi) is 6.53. The summed E-state index contributed by atoms with van der Waals surface area (Å²) in [5.74, 6) is 0. The maximum atomic E-state index is 11.6. The number of rotatable bonds is 7. The van der Waals surface area contributed by atoms with Crippen LogP contribution >= 0.6 is 0 Å². The van der Waals surface area contributed by atoms with Gasteiger partial charge < -0.3 is 10.2 Å². The zero-order valence-corrected chi connectivity index (χ0v) is 14.4. The van der Waals surface area contributed by atoms with Gasteiger partial charge in [0.05, 0.1) is 6.61 Å². The van der Waals surface area contributed by atoms with Crippen molar-refractivity contribution in [3.8, 4) is 0 Å². The van der Waals surface area contributed by atoms with Crippen LogP contribution in [0.25, 0.3) is 0 Å². The zero-order chi connectivity index (χ0) is 17.4. The first-order chi connectivity index (χ1) is 11.6. The Bertz CT molecular complexity index is 645. The molecule has 0 heterocycles. The minimum Gasteiger partial charge on any atom is -0.392 e. The lowest BCUT2D eigenvalue weighted by atomic mass is 9.80. The predicted molar refractivity (Wildman–Crippen MR) is 99.7 cm³/mol. The Labute approximate surface area is 144 Å². The molecule has 0 aliphatic heterocycles. The molecule has 2 aromatic rings. The van der Waals surface area contributed by atoms with Crippen LogP contribution in [0.2, 0.25) is 0 Å². The minimum atomic E-state index is -1.13. The van der Waals surface area contributed by atoms with Crippen molar-refractivity contribution in [2.24, 2.45) is 0 Å². The molecule has 2 nitrogen and oxygen atoms in total. The summed E-state index contributed by atoms with van der Waals surface area (Å²) in [6.07, 6.45) is 5.62. The molecule has 0 saturated heterocycles. The highest BCUT2D eigenvalue weighted by Gasteiger charge is 2.32. The monoisotopic (exact) mass is 322 g/mol. The van der Waals surface area contributed by atoms with Gasteiger partial charge in [-0.1, -0.05) is 78.4 Å². The molecule has 2 aromatic carbocycles. The number of aliphatic hydroxyl groups is 2. The van der Waals surface area contributed by atoms with Gasteiger partial charge >= 0.3 is 0 Å². The van der Waals surface area contributed by atoms with Crippen LogP contribution in [0.15, 0.2) is 84.0 Å². The van der Waals surface area contributed by atoms with E-state index in [1.54, 1.807) is 0 Å². The Morgan fingerprint density at radius 2 is 1.38 bits per heavy atom. The van der Waals surface area contributed by atoms with Crippen molar-refractivity contribution in [3.63, 3.8) is 0 Å². The van der Waals surface area contributed by atoms with E-state index in [1.807, 2.05) is 80.6 Å². The molecular weight excluding hydrogens is 296 g/mol. The largest absolute Gasteiger partial charge is 0.392 e. The summed E-state index contributed by atoms with van der Waals surface area (Å²) in [5, 5.41) is 20.5. The molecule has 2 heteroatoms. The zero-order valence-electron chi connectivity index (χ0n) is 14.4. The van der Waals surface area contributed by atoms with Gasteiger partial charge in [-0.2, -0.15) is 0 Å². The maximum absolute atomic E-state index is 11.6. The predicted octanol–water partition coefficient (Wildman–Crippen LogP) is 4.59. The van der Waals surface area contributed by atoms with Gasteiger partial charge in [0.25, 0.3) is 0 Å². The summed E-state index contributed by atoms with van der Waals surface area (Å²) in [6.45, 7) is 4.07. The van der Waals surface area contributed by atoms with Crippen molar-refractivity contribution >= 4 is 0 Å². The first-order valence-electron chi connectivity index (χ1n) is 8.36. The molecule has 2 rings (SSSR count). The number of benzene rings is 2. The fraction of sp³-hybridized carbons (Fsp3) is 0.273. The van der Waals surface area contributed by atoms with E-state index in [0.717, 1.165) is 35.1 Å². The number of aliphatic hydroxyl groups excluding tert-OH is 1. The molecule has 0 spiro atoms. The molecule has 24 heavy (non-hydrogen) atoms. The Morgan fingerprint density at radius 3 is 1.83 bits per heavy atom. The van der Waals surface area contributed by atoms with E-state index in [0.29, 0.717) is 0 Å². The third kappa shape index (κ3) is 4.22. The van der Waals surface area contributed by atoms with E-state index in [9.17, 15) is 5.11 Å². The molecule has 0 bridgehead atoms. The average molecular weight is 322 g/mol. The first kappa shape index (κ1) is 18.2. The molecule has 0 fully saturated rings. The van der Waals surface area contributed by atoms with Crippen LogP contribution in [0.4, 0.5) is 0 Å². The second-order valence-electron chi connectivity index (χ2n) is 6.10. The van der Waals surface area contributed by atoms with Crippen molar-refractivity contribution in [3.05, 3.63) is 95.1 Å². The van der Waals surface area contributed by atoms with Crippen LogP contribution in [0, 0.1) is 0 Å². The third-order valence-corrected chi connectivity index (χ3v) is 4.38. The van der Waals surface area contributed by atoms with E-state index in [4.69, 9.17) is 5.11 Å². The highest BCUT2D eigenvalue weighted by atomic mass is 16.3. The van der Waals surface area contributed by atoms with E-state index in [1.165, 1.54) is 0 Å². The van der Waals surface area contributed by atoms with E-state index in [2.05, 4.69) is 6.08 Å². The first-order valence-corrected chi connectivity index (χ1v) is 8.36. The number of allylic oxidation sites excluding steroid dienone is 2. The SMILES string of the molecule is CC(=CCO)CCC=C(C)C(O)(c1ccccc1)c1ccccc1. The van der Waals surface area contributed by atoms with Gasteiger partial charge in [-0.3, -0.25) is 0 Å². The van der Waals surface area contributed by atoms with E-state index < -0.39 is 5.60 Å². The molecule has 0 aliphatic carbocycles. The summed E-state index contributed by atoms with van der Waals surface area (Å²) in [4.78, 5) is 0. The Hall–Kier alpha value is -2.16. The van der Waals surface area contributed by atoms with Gasteiger partial charge in [0.15, 0.2) is 0 Å². The van der Waals surface area contributed by atoms with Gasteiger partial charge in [0.1, 0.15) is 5.60 Å². The maximum Gasteiger partial charge on any atom is 0.136 e. The van der Waals surface area contributed by atoms with Gasteiger partial charge in [0.2, 0.25) is 0 Å². The molecule has 2 N–H and O–H groups in total. The van der Waals surface area contributed by atoms with Gasteiger partial charge in [-0.05, 0) is 43.4 Å². The van der Waals surface area contributed by atoms with Crippen LogP contribution in [0.5, 0.6) is 0 Å². The highest BCUT2D eigenvalue weighted by Crippen LogP contribution is 2.36. The van der Waals surface area contributed by atoms with Crippen molar-refractivity contribution < 1.29 is 10.2 Å². The van der Waals surface area contributed by atoms with Crippen molar-refractivity contribution in [2.75, 3.05) is 6.61 Å². The molecule has 0 aliphatic rings. The molecule has 0 radical (unpaired) electrons. The topological polar surface area (TPSA) is 40.5 Å². The lowest BCUT2D eigenvalue weighted by Crippen LogP contribution is -2.28. The summed E-state index contributed by atoms with van der Waals surface area (Å²) < 4.78 is 0. The number of hydrogen-bond donors (Lipinski definition) is 2. The van der Waals surface area contributed by atoms with Crippen LogP contribution in [-0.2, 0) is 5.60 Å². The summed E-state index contributed by atoms with van der Waals surface area (Å²) >= 11 is 0. The fourth-order valence-electron chi connectivity index (χ4n) is 2.90. The smallest absolute Gasteiger partial charge is 0.136 e. The summed E-state index contributed by atoms with van der Waals surface area (Å²) in [7, 11) is 0. The second-order valence-corrected chi connectivity index (χ2v) is 6.10. The van der Waals surface area contributed by atoms with Crippen LogP contribution in [0.3, 0.4) is 0 Å². The van der Waals surface area contributed by atoms with Crippen molar-refractivity contribution in [1.29, 1.82) is 0 Å². The third-order valence-electron chi connectivity index (χ3n) is 4.38. The highest BCUT2D eigenvalue weighted by molar-refractivity contribution is 5.44. The minimum absolute atomic E-state index is 0.0759.